The van der Waals surface area contributed by atoms with Crippen LogP contribution >= 0.6 is 0 Å². The Bertz CT molecular complexity index is 777. The zero-order chi connectivity index (χ0) is 19.4. The first kappa shape index (κ1) is 19.4. The van der Waals surface area contributed by atoms with Gasteiger partial charge in [0.05, 0.1) is 26.2 Å². The second-order valence-electron chi connectivity index (χ2n) is 7.79. The van der Waals surface area contributed by atoms with Gasteiger partial charge in [-0.1, -0.05) is 42.0 Å². The minimum absolute atomic E-state index is 0.0174. The maximum absolute atomic E-state index is 12.6. The van der Waals surface area contributed by atoms with Gasteiger partial charge in [0.1, 0.15) is 0 Å². The molecule has 1 heterocycles. The summed E-state index contributed by atoms with van der Waals surface area (Å²) in [5, 5.41) is 3.10. The number of rotatable bonds is 5. The number of carbonyl (C=O) groups excluding carboxylic acids is 1. The number of piperazine rings is 1. The van der Waals surface area contributed by atoms with Crippen molar-refractivity contribution in [2.75, 3.05) is 31.1 Å². The van der Waals surface area contributed by atoms with E-state index in [1.807, 2.05) is 6.92 Å². The van der Waals surface area contributed by atoms with Crippen LogP contribution in [0.2, 0.25) is 0 Å². The normalized spacial score (nSPS) is 16.2. The van der Waals surface area contributed by atoms with E-state index in [1.54, 1.807) is 0 Å². The maximum atomic E-state index is 12.6. The van der Waals surface area contributed by atoms with Crippen molar-refractivity contribution in [1.82, 2.24) is 5.32 Å². The lowest BCUT2D eigenvalue weighted by Crippen LogP contribution is -3.19. The zero-order valence-corrected chi connectivity index (χ0v) is 17.0. The van der Waals surface area contributed by atoms with Crippen molar-refractivity contribution in [3.05, 3.63) is 64.7 Å². The van der Waals surface area contributed by atoms with Crippen molar-refractivity contribution in [2.45, 2.75) is 40.3 Å². The van der Waals surface area contributed by atoms with Gasteiger partial charge in [0.15, 0.2) is 6.04 Å². The molecule has 1 aliphatic rings. The number of benzene rings is 2. The monoisotopic (exact) mass is 366 g/mol. The van der Waals surface area contributed by atoms with Crippen molar-refractivity contribution < 1.29 is 9.69 Å². The van der Waals surface area contributed by atoms with E-state index in [0.717, 1.165) is 31.7 Å². The molecule has 0 saturated carbocycles. The SMILES string of the molecule is Cc1ccc(CNC(=O)[C@H](C)[NH+]2CCN(c3cccc(C)c3C)CC2)cc1. The van der Waals surface area contributed by atoms with E-state index in [9.17, 15) is 4.79 Å². The molecule has 1 amide bonds. The van der Waals surface area contributed by atoms with Crippen LogP contribution in [-0.2, 0) is 11.3 Å². The highest BCUT2D eigenvalue weighted by Crippen LogP contribution is 2.22. The Hall–Kier alpha value is -2.33. The zero-order valence-electron chi connectivity index (χ0n) is 17.0. The molecule has 1 atom stereocenters. The maximum Gasteiger partial charge on any atom is 0.278 e. The van der Waals surface area contributed by atoms with Gasteiger partial charge in [0.25, 0.3) is 5.91 Å². The fourth-order valence-corrected chi connectivity index (χ4v) is 3.78. The number of anilines is 1. The van der Waals surface area contributed by atoms with Gasteiger partial charge in [-0.3, -0.25) is 4.79 Å². The van der Waals surface area contributed by atoms with Crippen LogP contribution in [0.15, 0.2) is 42.5 Å². The number of quaternary nitrogens is 1. The van der Waals surface area contributed by atoms with E-state index in [0.29, 0.717) is 6.54 Å². The van der Waals surface area contributed by atoms with Gasteiger partial charge in [0.2, 0.25) is 0 Å². The predicted molar refractivity (Wildman–Crippen MR) is 111 cm³/mol. The topological polar surface area (TPSA) is 36.8 Å². The smallest absolute Gasteiger partial charge is 0.278 e. The first-order valence-corrected chi connectivity index (χ1v) is 9.94. The summed E-state index contributed by atoms with van der Waals surface area (Å²) in [6.45, 7) is 13.1. The highest BCUT2D eigenvalue weighted by atomic mass is 16.2. The number of nitrogens with zero attached hydrogens (tertiary/aromatic N) is 1. The molecule has 0 aromatic heterocycles. The average Bonchev–Trinajstić information content (AvgIpc) is 2.69. The van der Waals surface area contributed by atoms with Crippen molar-refractivity contribution in [2.24, 2.45) is 0 Å². The van der Waals surface area contributed by atoms with E-state index in [1.165, 1.54) is 27.3 Å². The van der Waals surface area contributed by atoms with Gasteiger partial charge in [-0.05, 0) is 50.5 Å². The second-order valence-corrected chi connectivity index (χ2v) is 7.79. The first-order valence-electron chi connectivity index (χ1n) is 9.94. The number of amides is 1. The van der Waals surface area contributed by atoms with Gasteiger partial charge in [0, 0.05) is 12.2 Å². The Balaban J connectivity index is 1.51. The average molecular weight is 367 g/mol. The third-order valence-corrected chi connectivity index (χ3v) is 5.92. The van der Waals surface area contributed by atoms with Gasteiger partial charge in [-0.15, -0.1) is 0 Å². The van der Waals surface area contributed by atoms with Gasteiger partial charge in [-0.2, -0.15) is 0 Å². The van der Waals surface area contributed by atoms with Crippen molar-refractivity contribution in [1.29, 1.82) is 0 Å². The standard InChI is InChI=1S/C23H31N3O/c1-17-8-10-21(11-9-17)16-24-23(27)20(4)25-12-14-26(15-13-25)22-7-5-6-18(2)19(22)3/h5-11,20H,12-16H2,1-4H3,(H,24,27)/p+1/t20-/m0/s1. The molecule has 0 unspecified atom stereocenters. The summed E-state index contributed by atoms with van der Waals surface area (Å²) < 4.78 is 0. The molecule has 1 fully saturated rings. The van der Waals surface area contributed by atoms with Crippen LogP contribution < -0.4 is 15.1 Å². The van der Waals surface area contributed by atoms with Gasteiger partial charge in [-0.25, -0.2) is 0 Å². The summed E-state index contributed by atoms with van der Waals surface area (Å²) in [7, 11) is 0. The molecule has 1 aliphatic heterocycles. The molecule has 0 bridgehead atoms. The Morgan fingerprint density at radius 1 is 1.07 bits per heavy atom. The van der Waals surface area contributed by atoms with Crippen LogP contribution in [0.4, 0.5) is 5.69 Å². The summed E-state index contributed by atoms with van der Waals surface area (Å²) >= 11 is 0. The lowest BCUT2D eigenvalue weighted by molar-refractivity contribution is -0.914. The Morgan fingerprint density at radius 3 is 2.41 bits per heavy atom. The van der Waals surface area contributed by atoms with Crippen molar-refractivity contribution >= 4 is 11.6 Å². The molecule has 4 nitrogen and oxygen atoms in total. The summed E-state index contributed by atoms with van der Waals surface area (Å²) in [5.74, 6) is 0.144. The Morgan fingerprint density at radius 2 is 1.74 bits per heavy atom. The minimum atomic E-state index is -0.0174. The molecule has 4 heteroatoms. The number of hydrogen-bond acceptors (Lipinski definition) is 2. The van der Waals surface area contributed by atoms with Crippen LogP contribution in [0.5, 0.6) is 0 Å². The highest BCUT2D eigenvalue weighted by Gasteiger charge is 2.29. The highest BCUT2D eigenvalue weighted by molar-refractivity contribution is 5.79. The van der Waals surface area contributed by atoms with Crippen molar-refractivity contribution in [3.8, 4) is 0 Å². The van der Waals surface area contributed by atoms with Crippen molar-refractivity contribution in [3.63, 3.8) is 0 Å². The molecular formula is C23H32N3O+. The summed E-state index contributed by atoms with van der Waals surface area (Å²) in [5.41, 5.74) is 6.43. The van der Waals surface area contributed by atoms with Crippen LogP contribution in [0, 0.1) is 20.8 Å². The van der Waals surface area contributed by atoms with Gasteiger partial charge < -0.3 is 15.1 Å². The minimum Gasteiger partial charge on any atom is -0.360 e. The fraction of sp³-hybridized carbons (Fsp3) is 0.435. The number of carbonyl (C=O) groups is 1. The molecule has 0 spiro atoms. The van der Waals surface area contributed by atoms with Crippen LogP contribution in [-0.4, -0.2) is 38.1 Å². The molecule has 3 rings (SSSR count). The molecule has 0 aliphatic carbocycles. The van der Waals surface area contributed by atoms with E-state index in [-0.39, 0.29) is 11.9 Å². The summed E-state index contributed by atoms with van der Waals surface area (Å²) in [6.07, 6.45) is 0. The van der Waals surface area contributed by atoms with Crippen LogP contribution in [0.3, 0.4) is 0 Å². The van der Waals surface area contributed by atoms with E-state index in [2.05, 4.69) is 73.5 Å². The Labute approximate surface area is 163 Å². The second kappa shape index (κ2) is 8.57. The predicted octanol–water partition coefficient (Wildman–Crippen LogP) is 2.02. The molecule has 2 aromatic carbocycles. The largest absolute Gasteiger partial charge is 0.360 e. The van der Waals surface area contributed by atoms with Crippen LogP contribution in [0.25, 0.3) is 0 Å². The van der Waals surface area contributed by atoms with Crippen LogP contribution in [0.1, 0.15) is 29.2 Å². The molecular weight excluding hydrogens is 334 g/mol. The van der Waals surface area contributed by atoms with E-state index >= 15 is 0 Å². The summed E-state index contributed by atoms with van der Waals surface area (Å²) in [4.78, 5) is 16.4. The molecule has 0 radical (unpaired) electrons. The third-order valence-electron chi connectivity index (χ3n) is 5.92. The van der Waals surface area contributed by atoms with E-state index in [4.69, 9.17) is 0 Å². The Kier molecular flexibility index (Phi) is 6.17. The molecule has 144 valence electrons. The lowest BCUT2D eigenvalue weighted by atomic mass is 10.1. The van der Waals surface area contributed by atoms with Gasteiger partial charge >= 0.3 is 0 Å². The lowest BCUT2D eigenvalue weighted by Gasteiger charge is -2.36. The molecule has 1 saturated heterocycles. The molecule has 2 aromatic rings. The number of nitrogens with one attached hydrogen (secondary N) is 2. The number of aryl methyl sites for hydroxylation is 2. The quantitative estimate of drug-likeness (QED) is 0.850. The molecule has 2 N–H and O–H groups in total. The first-order chi connectivity index (χ1) is 13.0. The number of hydrogen-bond donors (Lipinski definition) is 2. The summed E-state index contributed by atoms with van der Waals surface area (Å²) in [6, 6.07) is 14.8. The van der Waals surface area contributed by atoms with E-state index < -0.39 is 0 Å². The fourth-order valence-electron chi connectivity index (χ4n) is 3.78. The third kappa shape index (κ3) is 4.69. The molecule has 27 heavy (non-hydrogen) atoms.